The van der Waals surface area contributed by atoms with Gasteiger partial charge in [-0.1, -0.05) is 12.1 Å². The summed E-state index contributed by atoms with van der Waals surface area (Å²) >= 11 is 0. The van der Waals surface area contributed by atoms with E-state index in [1.165, 1.54) is 0 Å². The van der Waals surface area contributed by atoms with E-state index in [0.29, 0.717) is 0 Å². The summed E-state index contributed by atoms with van der Waals surface area (Å²) in [5, 5.41) is 0. The molecule has 3 heteroatoms. The molecule has 0 saturated heterocycles. The third-order valence-corrected chi connectivity index (χ3v) is 1.66. The van der Waals surface area contributed by atoms with E-state index < -0.39 is 0 Å². The minimum absolute atomic E-state index is 0. The first kappa shape index (κ1) is 10.0. The van der Waals surface area contributed by atoms with E-state index in [9.17, 15) is 0 Å². The van der Waals surface area contributed by atoms with Crippen molar-refractivity contribution >= 4 is 0 Å². The average molecular weight is 222 g/mol. The van der Waals surface area contributed by atoms with Crippen molar-refractivity contribution in [3.8, 4) is 11.1 Å². The maximum atomic E-state index is 4.03. The molecule has 60 valence electrons. The van der Waals surface area contributed by atoms with Crippen LogP contribution in [0, 0.1) is 0 Å². The Morgan fingerprint density at radius 3 is 1.54 bits per heavy atom. The van der Waals surface area contributed by atoms with E-state index in [-0.39, 0.29) is 19.5 Å². The molecule has 0 saturated carbocycles. The van der Waals surface area contributed by atoms with Gasteiger partial charge < -0.3 is 0 Å². The summed E-state index contributed by atoms with van der Waals surface area (Å²) < 4.78 is 0. The van der Waals surface area contributed by atoms with Gasteiger partial charge in [-0.15, -0.1) is 0 Å². The molecule has 0 atom stereocenters. The van der Waals surface area contributed by atoms with Gasteiger partial charge in [0.15, 0.2) is 0 Å². The van der Waals surface area contributed by atoms with Crippen molar-refractivity contribution in [3.05, 3.63) is 49.1 Å². The molecule has 0 amide bonds. The van der Waals surface area contributed by atoms with Crippen molar-refractivity contribution in [3.63, 3.8) is 0 Å². The molecular formula is C10H8N2Zn. The normalized spacial score (nSPS) is 8.92. The molecule has 2 rings (SSSR count). The summed E-state index contributed by atoms with van der Waals surface area (Å²) in [6.45, 7) is 0. The average Bonchev–Trinajstić information content (AvgIpc) is 2.21. The van der Waals surface area contributed by atoms with Gasteiger partial charge >= 0.3 is 0 Å². The quantitative estimate of drug-likeness (QED) is 0.690. The standard InChI is InChI=1S/C10H8N2.Zn/c1-3-9(7-11-5-1)10-4-2-6-12-8-10;/h1-8H;. The van der Waals surface area contributed by atoms with Crippen molar-refractivity contribution < 1.29 is 19.5 Å². The predicted molar refractivity (Wildman–Crippen MR) is 47.5 cm³/mol. The van der Waals surface area contributed by atoms with E-state index in [0.717, 1.165) is 11.1 Å². The fourth-order valence-electron chi connectivity index (χ4n) is 1.07. The Hall–Kier alpha value is -1.08. The van der Waals surface area contributed by atoms with Crippen LogP contribution in [0.4, 0.5) is 0 Å². The van der Waals surface area contributed by atoms with Gasteiger partial charge in [-0.05, 0) is 12.1 Å². The first-order valence-corrected chi connectivity index (χ1v) is 3.77. The fraction of sp³-hybridized carbons (Fsp3) is 0. The van der Waals surface area contributed by atoms with Crippen LogP contribution in [0.5, 0.6) is 0 Å². The molecule has 0 radical (unpaired) electrons. The third-order valence-electron chi connectivity index (χ3n) is 1.66. The Balaban J connectivity index is 0.000000845. The van der Waals surface area contributed by atoms with Gasteiger partial charge in [0, 0.05) is 55.4 Å². The molecule has 0 bridgehead atoms. The van der Waals surface area contributed by atoms with Crippen molar-refractivity contribution in [2.45, 2.75) is 0 Å². The summed E-state index contributed by atoms with van der Waals surface area (Å²) in [5.41, 5.74) is 2.20. The maximum absolute atomic E-state index is 4.03. The summed E-state index contributed by atoms with van der Waals surface area (Å²) in [7, 11) is 0. The molecule has 2 aromatic heterocycles. The monoisotopic (exact) mass is 220 g/mol. The first-order chi connectivity index (χ1) is 5.97. The molecule has 0 spiro atoms. The minimum Gasteiger partial charge on any atom is -0.264 e. The van der Waals surface area contributed by atoms with Gasteiger partial charge in [-0.2, -0.15) is 0 Å². The molecule has 0 aliphatic heterocycles. The molecule has 2 heterocycles. The van der Waals surface area contributed by atoms with Crippen LogP contribution in [0.15, 0.2) is 49.1 Å². The van der Waals surface area contributed by atoms with Crippen LogP contribution < -0.4 is 0 Å². The Bertz CT molecular complexity index is 310. The number of hydrogen-bond acceptors (Lipinski definition) is 2. The summed E-state index contributed by atoms with van der Waals surface area (Å²) in [4.78, 5) is 8.07. The van der Waals surface area contributed by atoms with Crippen LogP contribution in [0.1, 0.15) is 0 Å². The van der Waals surface area contributed by atoms with Crippen molar-refractivity contribution in [1.29, 1.82) is 0 Å². The fourth-order valence-corrected chi connectivity index (χ4v) is 1.07. The zero-order valence-electron chi connectivity index (χ0n) is 7.22. The topological polar surface area (TPSA) is 25.8 Å². The number of aromatic nitrogens is 2. The van der Waals surface area contributed by atoms with E-state index in [1.807, 2.05) is 36.7 Å². The van der Waals surface area contributed by atoms with Crippen LogP contribution >= 0.6 is 0 Å². The number of rotatable bonds is 1. The summed E-state index contributed by atoms with van der Waals surface area (Å²) in [5.74, 6) is 0. The van der Waals surface area contributed by atoms with Crippen molar-refractivity contribution in [1.82, 2.24) is 9.97 Å². The number of nitrogens with zero attached hydrogens (tertiary/aromatic N) is 2. The van der Waals surface area contributed by atoms with Crippen LogP contribution in [-0.2, 0) is 19.5 Å². The molecular weight excluding hydrogens is 214 g/mol. The zero-order chi connectivity index (χ0) is 8.23. The SMILES string of the molecule is [Zn].c1cncc(-c2cccnc2)c1. The van der Waals surface area contributed by atoms with E-state index >= 15 is 0 Å². The van der Waals surface area contributed by atoms with Gasteiger partial charge in [0.05, 0.1) is 0 Å². The predicted octanol–water partition coefficient (Wildman–Crippen LogP) is 2.14. The molecule has 0 fully saturated rings. The first-order valence-electron chi connectivity index (χ1n) is 3.77. The third kappa shape index (κ3) is 2.43. The molecule has 2 aromatic rings. The van der Waals surface area contributed by atoms with Crippen molar-refractivity contribution in [2.24, 2.45) is 0 Å². The van der Waals surface area contributed by atoms with Crippen LogP contribution in [0.2, 0.25) is 0 Å². The van der Waals surface area contributed by atoms with Gasteiger partial charge in [0.25, 0.3) is 0 Å². The summed E-state index contributed by atoms with van der Waals surface area (Å²) in [6.07, 6.45) is 7.19. The molecule has 13 heavy (non-hydrogen) atoms. The largest absolute Gasteiger partial charge is 0.264 e. The Morgan fingerprint density at radius 1 is 0.769 bits per heavy atom. The van der Waals surface area contributed by atoms with Crippen LogP contribution in [-0.4, -0.2) is 9.97 Å². The maximum Gasteiger partial charge on any atom is 0.0346 e. The van der Waals surface area contributed by atoms with Gasteiger partial charge in [-0.25, -0.2) is 0 Å². The number of hydrogen-bond donors (Lipinski definition) is 0. The second kappa shape index (κ2) is 4.83. The van der Waals surface area contributed by atoms with E-state index in [4.69, 9.17) is 0 Å². The smallest absolute Gasteiger partial charge is 0.0346 e. The number of pyridine rings is 2. The Morgan fingerprint density at radius 2 is 1.23 bits per heavy atom. The Labute approximate surface area is 89.8 Å². The zero-order valence-corrected chi connectivity index (χ0v) is 10.2. The second-order valence-electron chi connectivity index (χ2n) is 2.48. The molecule has 0 unspecified atom stereocenters. The second-order valence-corrected chi connectivity index (χ2v) is 2.48. The van der Waals surface area contributed by atoms with Crippen LogP contribution in [0.25, 0.3) is 11.1 Å². The van der Waals surface area contributed by atoms with Gasteiger partial charge in [-0.3, -0.25) is 9.97 Å². The minimum atomic E-state index is 0. The van der Waals surface area contributed by atoms with Gasteiger partial charge in [0.1, 0.15) is 0 Å². The summed E-state index contributed by atoms with van der Waals surface area (Å²) in [6, 6.07) is 7.87. The molecule has 0 N–H and O–H groups in total. The van der Waals surface area contributed by atoms with E-state index in [1.54, 1.807) is 12.4 Å². The van der Waals surface area contributed by atoms with Crippen molar-refractivity contribution in [2.75, 3.05) is 0 Å². The molecule has 0 aliphatic rings. The van der Waals surface area contributed by atoms with E-state index in [2.05, 4.69) is 9.97 Å². The molecule has 2 nitrogen and oxygen atoms in total. The van der Waals surface area contributed by atoms with Crippen LogP contribution in [0.3, 0.4) is 0 Å². The molecule has 0 aliphatic carbocycles. The molecule has 0 aromatic carbocycles. The Kier molecular flexibility index (Phi) is 3.72. The van der Waals surface area contributed by atoms with Gasteiger partial charge in [0.2, 0.25) is 0 Å².